The Labute approximate surface area is 248 Å². The molecule has 3 aromatic rings. The van der Waals surface area contributed by atoms with Crippen LogP contribution in [0.2, 0.25) is 5.02 Å². The molecule has 41 heavy (non-hydrogen) atoms. The minimum Gasteiger partial charge on any atom is -0.448 e. The zero-order valence-electron chi connectivity index (χ0n) is 22.9. The molecule has 1 aromatic heterocycles. The third kappa shape index (κ3) is 8.08. The number of hydrogen-bond donors (Lipinski definition) is 1. The lowest BCUT2D eigenvalue weighted by molar-refractivity contribution is -0.178. The van der Waals surface area contributed by atoms with Gasteiger partial charge in [0, 0.05) is 44.9 Å². The fourth-order valence-electron chi connectivity index (χ4n) is 4.65. The van der Waals surface area contributed by atoms with Gasteiger partial charge in [-0.1, -0.05) is 54.1 Å². The number of halogens is 1. The van der Waals surface area contributed by atoms with Gasteiger partial charge in [0.05, 0.1) is 17.3 Å². The van der Waals surface area contributed by atoms with Gasteiger partial charge >= 0.3 is 11.9 Å². The fourth-order valence-corrected chi connectivity index (χ4v) is 5.74. The minimum atomic E-state index is -1.65. The number of anilines is 1. The highest BCUT2D eigenvalue weighted by Gasteiger charge is 2.41. The quantitative estimate of drug-likeness (QED) is 0.367. The molecule has 0 unspecified atom stereocenters. The molecule has 0 saturated carbocycles. The second-order valence-corrected chi connectivity index (χ2v) is 11.0. The van der Waals surface area contributed by atoms with E-state index in [4.69, 9.17) is 21.1 Å². The lowest BCUT2D eigenvalue weighted by atomic mass is 10.1. The maximum absolute atomic E-state index is 13.7. The topological polar surface area (TPSA) is 105 Å². The van der Waals surface area contributed by atoms with E-state index in [0.29, 0.717) is 37.6 Å². The van der Waals surface area contributed by atoms with E-state index in [1.165, 1.54) is 16.2 Å². The smallest absolute Gasteiger partial charge is 0.303 e. The average molecular weight is 598 g/mol. The number of thiophene rings is 1. The van der Waals surface area contributed by atoms with Gasteiger partial charge in [0.15, 0.2) is 0 Å². The molecule has 0 bridgehead atoms. The van der Waals surface area contributed by atoms with Crippen molar-refractivity contribution < 1.29 is 28.7 Å². The van der Waals surface area contributed by atoms with E-state index in [-0.39, 0.29) is 6.54 Å². The molecule has 2 heterocycles. The molecular weight excluding hydrogens is 566 g/mol. The summed E-state index contributed by atoms with van der Waals surface area (Å²) >= 11 is 7.84. The summed E-state index contributed by atoms with van der Waals surface area (Å²) < 4.78 is 10.6. The van der Waals surface area contributed by atoms with Crippen molar-refractivity contribution in [2.45, 2.75) is 39.0 Å². The van der Waals surface area contributed by atoms with Crippen molar-refractivity contribution in [3.63, 3.8) is 0 Å². The van der Waals surface area contributed by atoms with Crippen LogP contribution in [0.25, 0.3) is 11.1 Å². The van der Waals surface area contributed by atoms with E-state index >= 15 is 0 Å². The van der Waals surface area contributed by atoms with Crippen molar-refractivity contribution in [1.82, 2.24) is 10.2 Å². The van der Waals surface area contributed by atoms with Crippen LogP contribution in [0.4, 0.5) is 5.69 Å². The van der Waals surface area contributed by atoms with Crippen molar-refractivity contribution in [2.24, 2.45) is 0 Å². The summed E-state index contributed by atoms with van der Waals surface area (Å²) in [5.41, 5.74) is 2.92. The Kier molecular flexibility index (Phi) is 10.4. The Hall–Kier alpha value is -3.89. The lowest BCUT2D eigenvalue weighted by Crippen LogP contribution is -2.54. The molecule has 1 N–H and O–H groups in total. The molecule has 216 valence electrons. The molecule has 2 aromatic carbocycles. The fraction of sp³-hybridized carbons (Fsp3) is 0.333. The molecule has 9 nitrogen and oxygen atoms in total. The highest BCUT2D eigenvalue weighted by Crippen LogP contribution is 2.27. The van der Waals surface area contributed by atoms with Gasteiger partial charge in [-0.05, 0) is 41.1 Å². The van der Waals surface area contributed by atoms with Crippen LogP contribution < -0.4 is 10.2 Å². The zero-order chi connectivity index (χ0) is 29.4. The molecule has 11 heteroatoms. The van der Waals surface area contributed by atoms with Crippen molar-refractivity contribution in [3.8, 4) is 11.1 Å². The monoisotopic (exact) mass is 597 g/mol. The Morgan fingerprint density at radius 1 is 0.878 bits per heavy atom. The first-order valence-corrected chi connectivity index (χ1v) is 14.5. The summed E-state index contributed by atoms with van der Waals surface area (Å²) in [6, 6.07) is 19.2. The Balaban J connectivity index is 1.47. The van der Waals surface area contributed by atoms with Crippen molar-refractivity contribution in [2.75, 3.05) is 31.1 Å². The normalized spacial score (nSPS) is 14.9. The van der Waals surface area contributed by atoms with E-state index in [9.17, 15) is 19.2 Å². The predicted octanol–water partition coefficient (Wildman–Crippen LogP) is 4.29. The van der Waals surface area contributed by atoms with Gasteiger partial charge in [-0.3, -0.25) is 19.2 Å². The molecule has 1 aliphatic rings. The number of ether oxygens (including phenoxy) is 2. The summed E-state index contributed by atoms with van der Waals surface area (Å²) in [5.74, 6) is -2.89. The lowest BCUT2D eigenvalue weighted by Gasteiger charge is -2.30. The Bertz CT molecular complexity index is 1380. The number of para-hydroxylation sites is 1. The largest absolute Gasteiger partial charge is 0.448 e. The van der Waals surface area contributed by atoms with E-state index in [0.717, 1.165) is 35.5 Å². The molecule has 0 aliphatic carbocycles. The van der Waals surface area contributed by atoms with Crippen LogP contribution in [0.1, 0.15) is 25.1 Å². The SMILES string of the molecule is CC(=O)O[C@@H](C(=O)NCc1cc(-c2ccccc2)cs1)[C@@H](OC(C)=O)C(=O)N1CCCN(c2ccccc2Cl)CC1. The third-order valence-corrected chi connectivity index (χ3v) is 7.82. The van der Waals surface area contributed by atoms with Gasteiger partial charge < -0.3 is 24.6 Å². The number of nitrogens with one attached hydrogen (secondary N) is 1. The van der Waals surface area contributed by atoms with E-state index < -0.39 is 36.0 Å². The number of benzene rings is 2. The van der Waals surface area contributed by atoms with Crippen molar-refractivity contribution >= 4 is 52.4 Å². The van der Waals surface area contributed by atoms with Crippen LogP contribution in [0, 0.1) is 0 Å². The molecule has 0 spiro atoms. The number of rotatable bonds is 9. The van der Waals surface area contributed by atoms with Gasteiger partial charge in [0.1, 0.15) is 0 Å². The van der Waals surface area contributed by atoms with Gasteiger partial charge in [-0.2, -0.15) is 0 Å². The summed E-state index contributed by atoms with van der Waals surface area (Å²) in [6.07, 6.45) is -2.66. The highest BCUT2D eigenvalue weighted by molar-refractivity contribution is 7.10. The van der Waals surface area contributed by atoms with Crippen molar-refractivity contribution in [3.05, 3.63) is 75.9 Å². The number of esters is 2. The summed E-state index contributed by atoms with van der Waals surface area (Å²) in [6.45, 7) is 4.22. The van der Waals surface area contributed by atoms with Crippen LogP contribution in [0.5, 0.6) is 0 Å². The van der Waals surface area contributed by atoms with Crippen LogP contribution in [-0.4, -0.2) is 67.0 Å². The first-order valence-electron chi connectivity index (χ1n) is 13.3. The molecule has 4 rings (SSSR count). The zero-order valence-corrected chi connectivity index (χ0v) is 24.5. The van der Waals surface area contributed by atoms with Gasteiger partial charge in [0.2, 0.25) is 12.2 Å². The maximum atomic E-state index is 13.7. The number of nitrogens with zero attached hydrogens (tertiary/aromatic N) is 2. The molecule has 0 radical (unpaired) electrons. The third-order valence-electron chi connectivity index (χ3n) is 6.56. The number of carbonyl (C=O) groups excluding carboxylic acids is 4. The first kappa shape index (κ1) is 30.1. The Morgan fingerprint density at radius 2 is 1.56 bits per heavy atom. The molecule has 1 aliphatic heterocycles. The molecule has 2 amide bonds. The van der Waals surface area contributed by atoms with Crippen LogP contribution in [0.15, 0.2) is 66.0 Å². The first-order chi connectivity index (χ1) is 19.7. The van der Waals surface area contributed by atoms with Gasteiger partial charge in [-0.15, -0.1) is 11.3 Å². The highest BCUT2D eigenvalue weighted by atomic mass is 35.5. The summed E-state index contributed by atoms with van der Waals surface area (Å²) in [4.78, 5) is 55.5. The summed E-state index contributed by atoms with van der Waals surface area (Å²) in [5, 5.41) is 5.33. The van der Waals surface area contributed by atoms with Crippen LogP contribution in [-0.2, 0) is 35.2 Å². The maximum Gasteiger partial charge on any atom is 0.303 e. The molecular formula is C30H32ClN3O6S. The van der Waals surface area contributed by atoms with Gasteiger partial charge in [0.25, 0.3) is 11.8 Å². The minimum absolute atomic E-state index is 0.144. The molecule has 1 fully saturated rings. The molecule has 2 atom stereocenters. The van der Waals surface area contributed by atoms with Crippen molar-refractivity contribution in [1.29, 1.82) is 0 Å². The van der Waals surface area contributed by atoms with Crippen LogP contribution >= 0.6 is 22.9 Å². The molecule has 1 saturated heterocycles. The number of carbonyl (C=O) groups is 4. The second-order valence-electron chi connectivity index (χ2n) is 9.56. The Morgan fingerprint density at radius 3 is 2.27 bits per heavy atom. The van der Waals surface area contributed by atoms with E-state index in [2.05, 4.69) is 10.2 Å². The number of amides is 2. The number of hydrogen-bond acceptors (Lipinski definition) is 8. The average Bonchev–Trinajstić information content (AvgIpc) is 3.30. The van der Waals surface area contributed by atoms with E-state index in [1.54, 1.807) is 0 Å². The summed E-state index contributed by atoms with van der Waals surface area (Å²) in [7, 11) is 0. The van der Waals surface area contributed by atoms with E-state index in [1.807, 2.05) is 66.0 Å². The predicted molar refractivity (Wildman–Crippen MR) is 158 cm³/mol. The van der Waals surface area contributed by atoms with Crippen LogP contribution in [0.3, 0.4) is 0 Å². The standard InChI is InChI=1S/C30H32ClN3O6S/c1-20(35)39-27(29(37)32-18-24-17-23(19-41-24)22-9-4-3-5-10-22)28(40-21(2)36)30(38)34-14-8-13-33(15-16-34)26-12-7-6-11-25(26)31/h3-7,9-12,17,19,27-28H,8,13-16,18H2,1-2H3,(H,32,37)/t27-,28-/m1/s1. The second kappa shape index (κ2) is 14.1. The van der Waals surface area contributed by atoms with Gasteiger partial charge in [-0.25, -0.2) is 0 Å².